The highest BCUT2D eigenvalue weighted by Gasteiger charge is 2.25. The number of aromatic nitrogens is 1. The fourth-order valence-corrected chi connectivity index (χ4v) is 2.04. The van der Waals surface area contributed by atoms with Crippen LogP contribution >= 0.6 is 0 Å². The Kier molecular flexibility index (Phi) is 2.54. The zero-order chi connectivity index (χ0) is 12.7. The molecule has 3 nitrogen and oxygen atoms in total. The molecule has 1 N–H and O–H groups in total. The first-order valence-corrected chi connectivity index (χ1v) is 5.75. The summed E-state index contributed by atoms with van der Waals surface area (Å²) in [5, 5.41) is 0.373. The lowest BCUT2D eigenvalue weighted by Gasteiger charge is -2.06. The average molecular weight is 251 g/mol. The van der Waals surface area contributed by atoms with E-state index in [-0.39, 0.29) is 11.2 Å². The average Bonchev–Trinajstić information content (AvgIpc) is 3.12. The van der Waals surface area contributed by atoms with Crippen LogP contribution in [0.25, 0.3) is 10.9 Å². The Hall–Kier alpha value is -1.91. The summed E-state index contributed by atoms with van der Waals surface area (Å²) in [5.41, 5.74) is 1.42. The van der Waals surface area contributed by atoms with E-state index >= 15 is 0 Å². The van der Waals surface area contributed by atoms with E-state index in [1.165, 1.54) is 12.1 Å². The molecule has 1 aliphatic carbocycles. The van der Waals surface area contributed by atoms with Crippen molar-refractivity contribution in [1.82, 2.24) is 4.98 Å². The number of ether oxygens (including phenoxy) is 1. The molecule has 94 valence electrons. The molecule has 0 unspecified atom stereocenters. The monoisotopic (exact) mass is 251 g/mol. The van der Waals surface area contributed by atoms with Crippen LogP contribution in [-0.2, 0) is 0 Å². The summed E-state index contributed by atoms with van der Waals surface area (Å²) in [6, 6.07) is 5.92. The molecular formula is C13H11F2NO2. The van der Waals surface area contributed by atoms with Gasteiger partial charge in [-0.1, -0.05) is 0 Å². The van der Waals surface area contributed by atoms with Gasteiger partial charge in [0.25, 0.3) is 0 Å². The van der Waals surface area contributed by atoms with Crippen LogP contribution in [-0.4, -0.2) is 11.6 Å². The van der Waals surface area contributed by atoms with Gasteiger partial charge in [-0.2, -0.15) is 8.78 Å². The van der Waals surface area contributed by atoms with Crippen molar-refractivity contribution in [2.24, 2.45) is 0 Å². The molecule has 0 radical (unpaired) electrons. The minimum atomic E-state index is -2.88. The zero-order valence-electron chi connectivity index (χ0n) is 9.45. The van der Waals surface area contributed by atoms with E-state index in [0.717, 1.165) is 18.5 Å². The van der Waals surface area contributed by atoms with Crippen molar-refractivity contribution >= 4 is 10.9 Å². The number of rotatable bonds is 3. The lowest BCUT2D eigenvalue weighted by atomic mass is 10.1. The molecule has 5 heteroatoms. The van der Waals surface area contributed by atoms with Crippen LogP contribution in [0.15, 0.2) is 29.1 Å². The molecule has 0 saturated heterocycles. The molecule has 1 saturated carbocycles. The molecule has 1 fully saturated rings. The van der Waals surface area contributed by atoms with Gasteiger partial charge in [0.2, 0.25) is 0 Å². The van der Waals surface area contributed by atoms with Crippen LogP contribution in [0.1, 0.15) is 24.5 Å². The van der Waals surface area contributed by atoms with Gasteiger partial charge < -0.3 is 9.72 Å². The number of alkyl halides is 2. The normalized spacial score (nSPS) is 15.3. The van der Waals surface area contributed by atoms with E-state index in [9.17, 15) is 13.6 Å². The van der Waals surface area contributed by atoms with Crippen molar-refractivity contribution < 1.29 is 13.5 Å². The number of hydrogen-bond acceptors (Lipinski definition) is 2. The maximum atomic E-state index is 12.1. The minimum absolute atomic E-state index is 0.00201. The largest absolute Gasteiger partial charge is 0.435 e. The van der Waals surface area contributed by atoms with E-state index in [0.29, 0.717) is 16.8 Å². The number of aromatic amines is 1. The van der Waals surface area contributed by atoms with E-state index < -0.39 is 6.61 Å². The van der Waals surface area contributed by atoms with E-state index in [1.807, 2.05) is 0 Å². The molecule has 1 aromatic carbocycles. The Morgan fingerprint density at radius 2 is 2.06 bits per heavy atom. The number of H-pyrrole nitrogens is 1. The summed E-state index contributed by atoms with van der Waals surface area (Å²) >= 11 is 0. The first-order valence-electron chi connectivity index (χ1n) is 5.75. The number of fused-ring (bicyclic) bond motifs is 1. The third kappa shape index (κ3) is 2.08. The number of nitrogens with one attached hydrogen (secondary N) is 1. The van der Waals surface area contributed by atoms with Gasteiger partial charge in [-0.15, -0.1) is 0 Å². The SMILES string of the molecule is O=c1cc(C2CC2)[nH]c2ccc(OC(F)F)cc12. The van der Waals surface area contributed by atoms with Gasteiger partial charge in [0, 0.05) is 22.7 Å². The zero-order valence-corrected chi connectivity index (χ0v) is 9.45. The number of pyridine rings is 1. The highest BCUT2D eigenvalue weighted by Crippen LogP contribution is 2.38. The molecule has 0 atom stereocenters. The molecule has 2 aromatic rings. The summed E-state index contributed by atoms with van der Waals surface area (Å²) in [7, 11) is 0. The Morgan fingerprint density at radius 3 is 2.72 bits per heavy atom. The molecule has 0 bridgehead atoms. The Labute approximate surface area is 101 Å². The second-order valence-corrected chi connectivity index (χ2v) is 4.45. The van der Waals surface area contributed by atoms with Crippen molar-refractivity contribution in [3.8, 4) is 5.75 Å². The molecular weight excluding hydrogens is 240 g/mol. The van der Waals surface area contributed by atoms with Crippen molar-refractivity contribution in [1.29, 1.82) is 0 Å². The quantitative estimate of drug-likeness (QED) is 0.911. The van der Waals surface area contributed by atoms with Gasteiger partial charge in [0.05, 0.1) is 0 Å². The van der Waals surface area contributed by atoms with Crippen LogP contribution < -0.4 is 10.2 Å². The lowest BCUT2D eigenvalue weighted by molar-refractivity contribution is -0.0497. The lowest BCUT2D eigenvalue weighted by Crippen LogP contribution is -2.06. The van der Waals surface area contributed by atoms with Crippen LogP contribution in [0, 0.1) is 0 Å². The highest BCUT2D eigenvalue weighted by molar-refractivity contribution is 5.80. The van der Waals surface area contributed by atoms with Crippen LogP contribution in [0.4, 0.5) is 8.78 Å². The van der Waals surface area contributed by atoms with Crippen molar-refractivity contribution in [2.75, 3.05) is 0 Å². The Balaban J connectivity index is 2.08. The number of hydrogen-bond donors (Lipinski definition) is 1. The topological polar surface area (TPSA) is 42.1 Å². The first-order chi connectivity index (χ1) is 8.63. The third-order valence-electron chi connectivity index (χ3n) is 3.06. The standard InChI is InChI=1S/C13H11F2NO2/c14-13(15)18-8-3-4-10-9(5-8)12(17)6-11(16-10)7-1-2-7/h3-7,13H,1-2H2,(H,16,17). The van der Waals surface area contributed by atoms with Gasteiger partial charge >= 0.3 is 6.61 Å². The number of halogens is 2. The van der Waals surface area contributed by atoms with Crippen LogP contribution in [0.5, 0.6) is 5.75 Å². The van der Waals surface area contributed by atoms with Crippen molar-refractivity contribution in [2.45, 2.75) is 25.4 Å². The van der Waals surface area contributed by atoms with Gasteiger partial charge in [0.1, 0.15) is 5.75 Å². The Bertz CT molecular complexity index is 647. The second-order valence-electron chi connectivity index (χ2n) is 4.45. The first kappa shape index (κ1) is 11.2. The summed E-state index contributed by atoms with van der Waals surface area (Å²) in [6.07, 6.45) is 2.18. The fourth-order valence-electron chi connectivity index (χ4n) is 2.04. The summed E-state index contributed by atoms with van der Waals surface area (Å²) in [6.45, 7) is -2.88. The summed E-state index contributed by atoms with van der Waals surface area (Å²) in [5.74, 6) is 0.446. The predicted molar refractivity (Wildman–Crippen MR) is 63.2 cm³/mol. The Morgan fingerprint density at radius 1 is 1.28 bits per heavy atom. The van der Waals surface area contributed by atoms with E-state index in [1.54, 1.807) is 12.1 Å². The molecule has 3 rings (SSSR count). The molecule has 1 heterocycles. The van der Waals surface area contributed by atoms with Crippen molar-refractivity contribution in [3.63, 3.8) is 0 Å². The summed E-state index contributed by atoms with van der Waals surface area (Å²) in [4.78, 5) is 15.1. The van der Waals surface area contributed by atoms with E-state index in [4.69, 9.17) is 0 Å². The molecule has 18 heavy (non-hydrogen) atoms. The third-order valence-corrected chi connectivity index (χ3v) is 3.06. The molecule has 1 aromatic heterocycles. The van der Waals surface area contributed by atoms with Gasteiger partial charge in [-0.3, -0.25) is 4.79 Å². The van der Waals surface area contributed by atoms with Gasteiger partial charge in [-0.25, -0.2) is 0 Å². The van der Waals surface area contributed by atoms with Gasteiger partial charge in [0.15, 0.2) is 5.43 Å². The molecule has 0 amide bonds. The molecule has 1 aliphatic rings. The highest BCUT2D eigenvalue weighted by atomic mass is 19.3. The maximum Gasteiger partial charge on any atom is 0.387 e. The smallest absolute Gasteiger partial charge is 0.387 e. The van der Waals surface area contributed by atoms with Gasteiger partial charge in [-0.05, 0) is 37.0 Å². The molecule has 0 spiro atoms. The number of benzene rings is 1. The fraction of sp³-hybridized carbons (Fsp3) is 0.308. The van der Waals surface area contributed by atoms with Crippen LogP contribution in [0.2, 0.25) is 0 Å². The van der Waals surface area contributed by atoms with Crippen LogP contribution in [0.3, 0.4) is 0 Å². The maximum absolute atomic E-state index is 12.1. The summed E-state index contributed by atoms with van der Waals surface area (Å²) < 4.78 is 28.5. The van der Waals surface area contributed by atoms with Crippen molar-refractivity contribution in [3.05, 3.63) is 40.2 Å². The van der Waals surface area contributed by atoms with E-state index in [2.05, 4.69) is 9.72 Å². The predicted octanol–water partition coefficient (Wildman–Crippen LogP) is 3.01. The molecule has 0 aliphatic heterocycles. The minimum Gasteiger partial charge on any atom is -0.435 e. The second kappa shape index (κ2) is 4.08.